The molecule has 0 radical (unpaired) electrons. The molecule has 34 heavy (non-hydrogen) atoms. The van der Waals surface area contributed by atoms with Crippen molar-refractivity contribution in [2.45, 2.75) is 57.0 Å². The first-order valence-electron chi connectivity index (χ1n) is 12.9. The average molecular weight is 460 g/mol. The lowest BCUT2D eigenvalue weighted by molar-refractivity contribution is -0.959. The third kappa shape index (κ3) is 4.00. The Labute approximate surface area is 202 Å². The third-order valence-electron chi connectivity index (χ3n) is 8.63. The molecule has 5 nitrogen and oxygen atoms in total. The van der Waals surface area contributed by atoms with Gasteiger partial charge >= 0.3 is 0 Å². The summed E-state index contributed by atoms with van der Waals surface area (Å²) in [6.45, 7) is 4.86. The van der Waals surface area contributed by atoms with Crippen LogP contribution in [0.1, 0.15) is 54.9 Å². The molecule has 1 saturated carbocycles. The number of nitrogens with zero attached hydrogens (tertiary/aromatic N) is 2. The summed E-state index contributed by atoms with van der Waals surface area (Å²) in [5.74, 6) is 2.16. The molecule has 2 aromatic carbocycles. The highest BCUT2D eigenvalue weighted by Gasteiger charge is 2.49. The van der Waals surface area contributed by atoms with Crippen molar-refractivity contribution in [1.82, 2.24) is 4.98 Å². The fourth-order valence-corrected chi connectivity index (χ4v) is 6.35. The van der Waals surface area contributed by atoms with Crippen LogP contribution in [-0.2, 0) is 23.5 Å². The van der Waals surface area contributed by atoms with E-state index in [0.717, 1.165) is 61.2 Å². The molecule has 1 aromatic heterocycles. The molecule has 3 saturated heterocycles. The number of fused-ring (bicyclic) bond motifs is 3. The number of hydrogen-bond donors (Lipinski definition) is 1. The van der Waals surface area contributed by atoms with Crippen LogP contribution in [0, 0.1) is 11.8 Å². The van der Waals surface area contributed by atoms with Crippen molar-refractivity contribution < 1.29 is 18.7 Å². The van der Waals surface area contributed by atoms with Gasteiger partial charge in [-0.05, 0) is 24.0 Å². The second-order valence-electron chi connectivity index (χ2n) is 10.7. The summed E-state index contributed by atoms with van der Waals surface area (Å²) in [6, 6.07) is 20.4. The minimum absolute atomic E-state index is 0.162. The van der Waals surface area contributed by atoms with Crippen molar-refractivity contribution in [3.05, 3.63) is 89.6 Å². The maximum absolute atomic E-state index is 11.9. The molecule has 1 N–H and O–H groups in total. The maximum Gasteiger partial charge on any atom is 0.231 e. The fraction of sp³-hybridized carbons (Fsp3) is 0.483. The molecular formula is C29H35N2O3+. The zero-order chi connectivity index (χ0) is 23.0. The molecule has 4 heterocycles. The molecule has 0 amide bonds. The lowest BCUT2D eigenvalue weighted by atomic mass is 9.69. The number of rotatable bonds is 8. The largest absolute Gasteiger partial charge is 0.436 e. The molecular weight excluding hydrogens is 424 g/mol. The van der Waals surface area contributed by atoms with E-state index in [0.29, 0.717) is 24.5 Å². The highest BCUT2D eigenvalue weighted by Crippen LogP contribution is 2.46. The average Bonchev–Trinajstić information content (AvgIpc) is 3.32. The minimum atomic E-state index is -1.14. The van der Waals surface area contributed by atoms with E-state index in [9.17, 15) is 5.11 Å². The van der Waals surface area contributed by atoms with Gasteiger partial charge in [-0.15, -0.1) is 0 Å². The lowest BCUT2D eigenvalue weighted by Gasteiger charge is -2.52. The molecule has 2 bridgehead atoms. The van der Waals surface area contributed by atoms with Gasteiger partial charge in [0, 0.05) is 24.7 Å². The molecule has 2 unspecified atom stereocenters. The van der Waals surface area contributed by atoms with E-state index in [1.165, 1.54) is 18.4 Å². The smallest absolute Gasteiger partial charge is 0.231 e. The van der Waals surface area contributed by atoms with E-state index in [4.69, 9.17) is 9.15 Å². The van der Waals surface area contributed by atoms with E-state index in [2.05, 4.69) is 29.2 Å². The second-order valence-corrected chi connectivity index (χ2v) is 10.7. The third-order valence-corrected chi connectivity index (χ3v) is 8.63. The van der Waals surface area contributed by atoms with Gasteiger partial charge in [0.15, 0.2) is 11.4 Å². The summed E-state index contributed by atoms with van der Waals surface area (Å²) in [5, 5.41) is 11.9. The molecule has 4 aliphatic rings. The quantitative estimate of drug-likeness (QED) is 0.480. The molecule has 178 valence electrons. The van der Waals surface area contributed by atoms with Gasteiger partial charge in [0.1, 0.15) is 19.2 Å². The number of aromatic nitrogens is 1. The number of benzene rings is 2. The Balaban J connectivity index is 1.19. The Hall–Kier alpha value is -2.47. The topological polar surface area (TPSA) is 55.5 Å². The summed E-state index contributed by atoms with van der Waals surface area (Å²) >= 11 is 0. The highest BCUT2D eigenvalue weighted by atomic mass is 16.5. The summed E-state index contributed by atoms with van der Waals surface area (Å²) in [7, 11) is 0. The number of oxazole rings is 1. The molecule has 0 spiro atoms. The van der Waals surface area contributed by atoms with Gasteiger partial charge in [0.25, 0.3) is 0 Å². The standard InChI is InChI=1S/C29H35N2O3/c32-29(25-12-7-13-25,24-10-5-2-6-11-24)28-30-18-26(34-28)19-31-16-14-23(15-17-31)27(20-31)33-21-22-8-3-1-4-9-22/h1-6,8-11,18,23,25,27,32H,7,12-17,19-21H2/q+1. The second kappa shape index (κ2) is 8.95. The molecule has 2 atom stereocenters. The Bertz CT molecular complexity index is 1090. The first-order chi connectivity index (χ1) is 16.6. The number of aliphatic hydroxyl groups is 1. The molecule has 7 rings (SSSR count). The van der Waals surface area contributed by atoms with Crippen LogP contribution in [0.15, 0.2) is 71.3 Å². The fourth-order valence-electron chi connectivity index (χ4n) is 6.35. The number of piperidine rings is 3. The monoisotopic (exact) mass is 459 g/mol. The van der Waals surface area contributed by atoms with Crippen LogP contribution in [0.5, 0.6) is 0 Å². The molecule has 4 fully saturated rings. The Kier molecular flexibility index (Phi) is 5.80. The van der Waals surface area contributed by atoms with Gasteiger partial charge < -0.3 is 18.7 Å². The van der Waals surface area contributed by atoms with Crippen molar-refractivity contribution in [2.75, 3.05) is 19.6 Å². The van der Waals surface area contributed by atoms with Crippen LogP contribution < -0.4 is 0 Å². The van der Waals surface area contributed by atoms with Gasteiger partial charge in [-0.25, -0.2) is 4.98 Å². The van der Waals surface area contributed by atoms with Crippen molar-refractivity contribution in [3.63, 3.8) is 0 Å². The number of hydrogen-bond acceptors (Lipinski definition) is 4. The first-order valence-corrected chi connectivity index (χ1v) is 12.9. The van der Waals surface area contributed by atoms with Crippen LogP contribution in [0.4, 0.5) is 0 Å². The molecule has 5 heteroatoms. The lowest BCUT2D eigenvalue weighted by Crippen LogP contribution is -2.63. The summed E-state index contributed by atoms with van der Waals surface area (Å²) in [4.78, 5) is 4.65. The Morgan fingerprint density at radius 2 is 1.68 bits per heavy atom. The van der Waals surface area contributed by atoms with E-state index in [-0.39, 0.29) is 5.92 Å². The van der Waals surface area contributed by atoms with Crippen molar-refractivity contribution in [2.24, 2.45) is 11.8 Å². The van der Waals surface area contributed by atoms with Crippen molar-refractivity contribution in [3.8, 4) is 0 Å². The molecule has 3 aliphatic heterocycles. The van der Waals surface area contributed by atoms with Crippen LogP contribution in [-0.4, -0.2) is 40.3 Å². The normalized spacial score (nSPS) is 28.4. The molecule has 3 aromatic rings. The van der Waals surface area contributed by atoms with E-state index in [1.807, 2.05) is 42.6 Å². The van der Waals surface area contributed by atoms with Crippen LogP contribution >= 0.6 is 0 Å². The van der Waals surface area contributed by atoms with Gasteiger partial charge in [0.2, 0.25) is 5.89 Å². The van der Waals surface area contributed by atoms with E-state index in [1.54, 1.807) is 0 Å². The van der Waals surface area contributed by atoms with Crippen molar-refractivity contribution in [1.29, 1.82) is 0 Å². The minimum Gasteiger partial charge on any atom is -0.436 e. The summed E-state index contributed by atoms with van der Waals surface area (Å²) in [6.07, 6.45) is 7.72. The first kappa shape index (κ1) is 22.0. The maximum atomic E-state index is 11.9. The summed E-state index contributed by atoms with van der Waals surface area (Å²) < 4.78 is 13.8. The Morgan fingerprint density at radius 1 is 0.971 bits per heavy atom. The van der Waals surface area contributed by atoms with Crippen LogP contribution in [0.25, 0.3) is 0 Å². The van der Waals surface area contributed by atoms with Gasteiger partial charge in [-0.3, -0.25) is 0 Å². The molecule has 1 aliphatic carbocycles. The van der Waals surface area contributed by atoms with Gasteiger partial charge in [-0.2, -0.15) is 0 Å². The van der Waals surface area contributed by atoms with Crippen LogP contribution in [0.3, 0.4) is 0 Å². The number of ether oxygens (including phenoxy) is 1. The van der Waals surface area contributed by atoms with Crippen LogP contribution in [0.2, 0.25) is 0 Å². The predicted octanol–water partition coefficient (Wildman–Crippen LogP) is 5.04. The van der Waals surface area contributed by atoms with E-state index < -0.39 is 5.60 Å². The number of quaternary nitrogens is 1. The van der Waals surface area contributed by atoms with E-state index >= 15 is 0 Å². The zero-order valence-electron chi connectivity index (χ0n) is 19.8. The predicted molar refractivity (Wildman–Crippen MR) is 130 cm³/mol. The van der Waals surface area contributed by atoms with Crippen molar-refractivity contribution >= 4 is 0 Å². The summed E-state index contributed by atoms with van der Waals surface area (Å²) in [5.41, 5.74) is 0.975. The highest BCUT2D eigenvalue weighted by molar-refractivity contribution is 5.30. The SMILES string of the molecule is OC(c1ccccc1)(c1ncc(C[N+]23CCC(CC2)C(OCc2ccccc2)C3)o1)C1CCC1. The van der Waals surface area contributed by atoms with Gasteiger partial charge in [0.05, 0.1) is 25.9 Å². The Morgan fingerprint density at radius 3 is 2.35 bits per heavy atom. The zero-order valence-corrected chi connectivity index (χ0v) is 19.8. The van der Waals surface area contributed by atoms with Gasteiger partial charge in [-0.1, -0.05) is 67.1 Å².